The van der Waals surface area contributed by atoms with E-state index in [1.54, 1.807) is 23.1 Å². The molecule has 32 heavy (non-hydrogen) atoms. The molecule has 0 aliphatic carbocycles. The van der Waals surface area contributed by atoms with Crippen LogP contribution in [0.4, 0.5) is 24.5 Å². The lowest BCUT2D eigenvalue weighted by Gasteiger charge is -2.24. The average molecular weight is 485 g/mol. The molecule has 0 saturated heterocycles. The Morgan fingerprint density at radius 2 is 1.88 bits per heavy atom. The van der Waals surface area contributed by atoms with Gasteiger partial charge in [0.1, 0.15) is 12.5 Å². The molecule has 3 aromatic rings. The molecule has 7 nitrogen and oxygen atoms in total. The number of hydrogen-bond donors (Lipinski definition) is 2. The van der Waals surface area contributed by atoms with Crippen molar-refractivity contribution in [3.05, 3.63) is 81.7 Å². The van der Waals surface area contributed by atoms with E-state index in [0.717, 1.165) is 18.2 Å². The van der Waals surface area contributed by atoms with Gasteiger partial charge in [-0.25, -0.2) is 13.4 Å². The molecule has 1 aromatic heterocycles. The maximum atomic E-state index is 12.9. The molecule has 2 heterocycles. The van der Waals surface area contributed by atoms with Gasteiger partial charge in [0.25, 0.3) is 0 Å². The molecule has 3 N–H and O–H groups in total. The zero-order valence-corrected chi connectivity index (χ0v) is 17.8. The van der Waals surface area contributed by atoms with Gasteiger partial charge in [0.15, 0.2) is 0 Å². The Bertz CT molecular complexity index is 1390. The van der Waals surface area contributed by atoms with Crippen molar-refractivity contribution in [1.82, 2.24) is 0 Å². The Morgan fingerprint density at radius 3 is 2.56 bits per heavy atom. The fraction of sp³-hybridized carbons (Fsp3) is 0.150. The molecule has 1 aliphatic rings. The highest BCUT2D eigenvalue weighted by molar-refractivity contribution is 7.91. The summed E-state index contributed by atoms with van der Waals surface area (Å²) in [5.74, 6) is -0.275. The summed E-state index contributed by atoms with van der Waals surface area (Å²) in [6.45, 7) is 0.228. The Balaban J connectivity index is 1.51. The highest BCUT2D eigenvalue weighted by Crippen LogP contribution is 2.32. The summed E-state index contributed by atoms with van der Waals surface area (Å²) < 4.78 is 71.4. The number of hydrogen-bond acceptors (Lipinski definition) is 6. The van der Waals surface area contributed by atoms with Crippen LogP contribution in [-0.2, 0) is 22.0 Å². The average Bonchev–Trinajstić information content (AvgIpc) is 3.19. The summed E-state index contributed by atoms with van der Waals surface area (Å²) >= 11 is 5.91. The smallest absolute Gasteiger partial charge is 0.416 e. The van der Waals surface area contributed by atoms with Gasteiger partial charge < -0.3 is 15.1 Å². The first-order valence-corrected chi connectivity index (χ1v) is 11.2. The van der Waals surface area contributed by atoms with Gasteiger partial charge in [0.05, 0.1) is 22.8 Å². The Kier molecular flexibility index (Phi) is 5.55. The predicted octanol–water partition coefficient (Wildman–Crippen LogP) is 3.02. The molecule has 0 spiro atoms. The normalized spacial score (nSPS) is 14.1. The quantitative estimate of drug-likeness (QED) is 0.580. The van der Waals surface area contributed by atoms with E-state index < -0.39 is 27.5 Å². The zero-order chi connectivity index (χ0) is 23.1. The molecule has 2 aromatic carbocycles. The highest BCUT2D eigenvalue weighted by Gasteiger charge is 2.31. The molecule has 0 amide bonds. The number of nitrogens with zero attached hydrogens (tertiary/aromatic N) is 2. The highest BCUT2D eigenvalue weighted by atomic mass is 35.5. The van der Waals surface area contributed by atoms with Crippen LogP contribution in [0.1, 0.15) is 11.1 Å². The van der Waals surface area contributed by atoms with Crippen LogP contribution in [0, 0.1) is 0 Å². The summed E-state index contributed by atoms with van der Waals surface area (Å²) in [6.07, 6.45) is -3.12. The number of nitrogens with two attached hydrogens (primary N) is 1. The largest absolute Gasteiger partial charge is 0.446 e. The van der Waals surface area contributed by atoms with E-state index >= 15 is 0 Å². The second-order valence-corrected chi connectivity index (χ2v) is 9.09. The third-order valence-electron chi connectivity index (χ3n) is 4.74. The third kappa shape index (κ3) is 4.53. The van der Waals surface area contributed by atoms with Gasteiger partial charge in [0, 0.05) is 16.4 Å². The van der Waals surface area contributed by atoms with Crippen molar-refractivity contribution in [2.24, 2.45) is 10.7 Å². The summed E-state index contributed by atoms with van der Waals surface area (Å²) in [4.78, 5) is 6.00. The van der Waals surface area contributed by atoms with Crippen LogP contribution in [0.15, 0.2) is 64.2 Å². The molecule has 168 valence electrons. The molecule has 0 fully saturated rings. The maximum absolute atomic E-state index is 12.9. The van der Waals surface area contributed by atoms with Gasteiger partial charge in [-0.15, -0.1) is 0 Å². The van der Waals surface area contributed by atoms with Crippen LogP contribution in [0.2, 0.25) is 5.02 Å². The topological polar surface area (TPSA) is 101 Å². The monoisotopic (exact) mass is 484 g/mol. The first-order chi connectivity index (χ1) is 15.0. The van der Waals surface area contributed by atoms with Crippen LogP contribution in [0.25, 0.3) is 5.82 Å². The lowest BCUT2D eigenvalue weighted by Crippen LogP contribution is -2.42. The fourth-order valence-corrected chi connectivity index (χ4v) is 4.67. The second kappa shape index (κ2) is 8.06. The summed E-state index contributed by atoms with van der Waals surface area (Å²) in [5.41, 5.74) is 6.38. The molecule has 1 aliphatic heterocycles. The van der Waals surface area contributed by atoms with Crippen LogP contribution in [-0.4, -0.2) is 15.1 Å². The van der Waals surface area contributed by atoms with Crippen LogP contribution >= 0.6 is 11.6 Å². The number of anilines is 2. The Hall–Kier alpha value is -3.18. The van der Waals surface area contributed by atoms with Crippen molar-refractivity contribution in [2.45, 2.75) is 11.9 Å². The van der Waals surface area contributed by atoms with Gasteiger partial charge >= 0.3 is 6.18 Å². The van der Waals surface area contributed by atoms with Crippen molar-refractivity contribution < 1.29 is 26.0 Å². The SMILES string of the molecule is NC1=c2ccoc2=NCN1c1ccc(NS(=O)(=O)Cc2cc(C(F)(F)F)ccc2Cl)cc1. The molecule has 0 unspecified atom stereocenters. The van der Waals surface area contributed by atoms with Crippen molar-refractivity contribution in [1.29, 1.82) is 0 Å². The fourth-order valence-electron chi connectivity index (χ4n) is 3.19. The maximum Gasteiger partial charge on any atom is 0.416 e. The van der Waals surface area contributed by atoms with Crippen LogP contribution in [0.5, 0.6) is 0 Å². The first-order valence-electron chi connectivity index (χ1n) is 9.15. The van der Waals surface area contributed by atoms with E-state index in [-0.39, 0.29) is 22.9 Å². The van der Waals surface area contributed by atoms with E-state index in [9.17, 15) is 21.6 Å². The number of furan rings is 1. The standard InChI is InChI=1S/C20H16ClF3N4O3S/c21-17-6-1-13(20(22,23)24)9-12(17)10-32(29,30)27-14-2-4-15(5-3-14)28-11-26-19-16(18(28)25)7-8-31-19/h1-9,27H,10-11,25H2. The number of rotatable bonds is 5. The molecule has 12 heteroatoms. The zero-order valence-electron chi connectivity index (χ0n) is 16.2. The molecule has 0 atom stereocenters. The Labute approximate surface area is 185 Å². The van der Waals surface area contributed by atoms with E-state index in [1.165, 1.54) is 18.4 Å². The van der Waals surface area contributed by atoms with Gasteiger partial charge in [0.2, 0.25) is 15.6 Å². The first kappa shape index (κ1) is 22.0. The van der Waals surface area contributed by atoms with Gasteiger partial charge in [-0.1, -0.05) is 11.6 Å². The lowest BCUT2D eigenvalue weighted by molar-refractivity contribution is -0.137. The number of halogens is 4. The summed E-state index contributed by atoms with van der Waals surface area (Å²) in [7, 11) is -4.03. The number of nitrogens with one attached hydrogen (secondary N) is 1. The molecule has 4 rings (SSSR count). The number of benzene rings is 2. The van der Waals surface area contributed by atoms with Gasteiger partial charge in [-0.2, -0.15) is 13.2 Å². The molecular weight excluding hydrogens is 469 g/mol. The van der Waals surface area contributed by atoms with Gasteiger partial charge in [-0.05, 0) is 54.1 Å². The molecule has 0 radical (unpaired) electrons. The second-order valence-electron chi connectivity index (χ2n) is 6.96. The lowest BCUT2D eigenvalue weighted by atomic mass is 10.1. The number of alkyl halides is 3. The van der Waals surface area contributed by atoms with Crippen molar-refractivity contribution in [3.63, 3.8) is 0 Å². The molecule has 0 saturated carbocycles. The predicted molar refractivity (Wildman–Crippen MR) is 114 cm³/mol. The van der Waals surface area contributed by atoms with Crippen LogP contribution in [0.3, 0.4) is 0 Å². The minimum Gasteiger partial charge on any atom is -0.446 e. The number of sulfonamides is 1. The third-order valence-corrected chi connectivity index (χ3v) is 6.34. The van der Waals surface area contributed by atoms with Crippen LogP contribution < -0.4 is 26.1 Å². The summed E-state index contributed by atoms with van der Waals surface area (Å²) in [5, 5.41) is 0.580. The minimum absolute atomic E-state index is 0.0720. The van der Waals surface area contributed by atoms with Crippen molar-refractivity contribution in [2.75, 3.05) is 16.3 Å². The van der Waals surface area contributed by atoms with E-state index in [4.69, 9.17) is 21.8 Å². The minimum atomic E-state index is -4.61. The summed E-state index contributed by atoms with van der Waals surface area (Å²) in [6, 6.07) is 10.6. The van der Waals surface area contributed by atoms with Crippen molar-refractivity contribution in [3.8, 4) is 0 Å². The number of fused-ring (bicyclic) bond motifs is 1. The molecular formula is C20H16ClF3N4O3S. The Morgan fingerprint density at radius 1 is 1.16 bits per heavy atom. The van der Waals surface area contributed by atoms with E-state index in [2.05, 4.69) is 9.71 Å². The van der Waals surface area contributed by atoms with E-state index in [1.807, 2.05) is 0 Å². The van der Waals surface area contributed by atoms with Crippen molar-refractivity contribution >= 4 is 38.8 Å². The molecule has 0 bridgehead atoms. The van der Waals surface area contributed by atoms with E-state index in [0.29, 0.717) is 22.3 Å². The van der Waals surface area contributed by atoms with Gasteiger partial charge in [-0.3, -0.25) is 4.72 Å².